The highest BCUT2D eigenvalue weighted by Gasteiger charge is 2.24. The van der Waals surface area contributed by atoms with Crippen molar-refractivity contribution in [2.24, 2.45) is 0 Å². The number of rotatable bonds is 4. The Balaban J connectivity index is 1.94. The first kappa shape index (κ1) is 15.0. The highest BCUT2D eigenvalue weighted by atomic mass is 16.2. The van der Waals surface area contributed by atoms with E-state index < -0.39 is 0 Å². The van der Waals surface area contributed by atoms with Gasteiger partial charge in [0.05, 0.1) is 12.6 Å². The summed E-state index contributed by atoms with van der Waals surface area (Å²) in [4.78, 5) is 16.6. The molecule has 1 aromatic carbocycles. The summed E-state index contributed by atoms with van der Waals surface area (Å²) < 4.78 is 0. The summed E-state index contributed by atoms with van der Waals surface area (Å²) in [6.45, 7) is 5.93. The molecule has 1 heterocycles. The second-order valence-electron chi connectivity index (χ2n) is 5.91. The summed E-state index contributed by atoms with van der Waals surface area (Å²) in [5.74, 6) is 0.218. The van der Waals surface area contributed by atoms with Crippen LogP contribution in [0.25, 0.3) is 0 Å². The molecule has 0 radical (unpaired) electrons. The van der Waals surface area contributed by atoms with Crippen LogP contribution in [0.4, 0.5) is 0 Å². The van der Waals surface area contributed by atoms with Crippen molar-refractivity contribution >= 4 is 5.91 Å². The topological polar surface area (TPSA) is 23.6 Å². The highest BCUT2D eigenvalue weighted by Crippen LogP contribution is 2.20. The van der Waals surface area contributed by atoms with E-state index in [2.05, 4.69) is 30.9 Å². The van der Waals surface area contributed by atoms with Gasteiger partial charge in [-0.3, -0.25) is 9.69 Å². The molecule has 1 aliphatic heterocycles. The Hall–Kier alpha value is -1.35. The zero-order chi connectivity index (χ0) is 14.5. The number of hydrogen-bond donors (Lipinski definition) is 0. The smallest absolute Gasteiger partial charge is 0.237 e. The van der Waals surface area contributed by atoms with Gasteiger partial charge in [0.25, 0.3) is 0 Å². The number of likely N-dealkylation sites (tertiary alicyclic amines) is 1. The number of hydrogen-bond acceptors (Lipinski definition) is 2. The molecule has 0 saturated carbocycles. The van der Waals surface area contributed by atoms with Gasteiger partial charge in [-0.25, -0.2) is 0 Å². The maximum absolute atomic E-state index is 12.5. The Bertz CT molecular complexity index is 432. The van der Waals surface area contributed by atoms with Gasteiger partial charge >= 0.3 is 0 Å². The van der Waals surface area contributed by atoms with Gasteiger partial charge in [-0.2, -0.15) is 0 Å². The van der Waals surface area contributed by atoms with Gasteiger partial charge in [-0.1, -0.05) is 36.8 Å². The van der Waals surface area contributed by atoms with E-state index in [1.165, 1.54) is 24.8 Å². The molecule has 2 atom stereocenters. The van der Waals surface area contributed by atoms with Crippen LogP contribution in [0.5, 0.6) is 0 Å². The SMILES string of the molecule is CC1CCCCN1CC(=O)N(C)C(C)c1ccccc1. The third-order valence-electron chi connectivity index (χ3n) is 4.54. The van der Waals surface area contributed by atoms with Crippen molar-refractivity contribution in [1.82, 2.24) is 9.80 Å². The van der Waals surface area contributed by atoms with E-state index in [-0.39, 0.29) is 11.9 Å². The van der Waals surface area contributed by atoms with E-state index in [1.807, 2.05) is 30.1 Å². The number of carbonyl (C=O) groups excluding carboxylic acids is 1. The Kier molecular flexibility index (Phi) is 5.18. The van der Waals surface area contributed by atoms with Gasteiger partial charge in [-0.15, -0.1) is 0 Å². The maximum atomic E-state index is 12.5. The minimum absolute atomic E-state index is 0.129. The molecule has 1 aromatic rings. The molecule has 2 rings (SSSR count). The van der Waals surface area contributed by atoms with Crippen LogP contribution < -0.4 is 0 Å². The summed E-state index contributed by atoms with van der Waals surface area (Å²) in [5.41, 5.74) is 1.19. The van der Waals surface area contributed by atoms with Crippen molar-refractivity contribution in [3.8, 4) is 0 Å². The summed E-state index contributed by atoms with van der Waals surface area (Å²) in [6, 6.07) is 10.9. The van der Waals surface area contributed by atoms with Crippen molar-refractivity contribution in [3.05, 3.63) is 35.9 Å². The molecule has 1 saturated heterocycles. The second-order valence-corrected chi connectivity index (χ2v) is 5.91. The molecule has 0 aliphatic carbocycles. The van der Waals surface area contributed by atoms with E-state index in [4.69, 9.17) is 0 Å². The minimum atomic E-state index is 0.129. The van der Waals surface area contributed by atoms with Gasteiger partial charge in [-0.05, 0) is 38.8 Å². The van der Waals surface area contributed by atoms with Crippen LogP contribution in [0.3, 0.4) is 0 Å². The molecule has 0 spiro atoms. The molecule has 20 heavy (non-hydrogen) atoms. The van der Waals surface area contributed by atoms with E-state index in [9.17, 15) is 4.79 Å². The normalized spacial score (nSPS) is 21.4. The Morgan fingerprint density at radius 2 is 2.05 bits per heavy atom. The van der Waals surface area contributed by atoms with Crippen LogP contribution in [-0.2, 0) is 4.79 Å². The van der Waals surface area contributed by atoms with E-state index in [0.29, 0.717) is 12.6 Å². The quantitative estimate of drug-likeness (QED) is 0.842. The van der Waals surface area contributed by atoms with Crippen LogP contribution in [-0.4, -0.2) is 41.9 Å². The third-order valence-corrected chi connectivity index (χ3v) is 4.54. The van der Waals surface area contributed by atoms with Crippen LogP contribution in [0, 0.1) is 0 Å². The molecule has 0 bridgehead atoms. The van der Waals surface area contributed by atoms with Gasteiger partial charge in [0.1, 0.15) is 0 Å². The van der Waals surface area contributed by atoms with Gasteiger partial charge in [0, 0.05) is 13.1 Å². The number of carbonyl (C=O) groups is 1. The average Bonchev–Trinajstić information content (AvgIpc) is 2.49. The monoisotopic (exact) mass is 274 g/mol. The molecule has 3 heteroatoms. The average molecular weight is 274 g/mol. The Morgan fingerprint density at radius 1 is 1.35 bits per heavy atom. The summed E-state index contributed by atoms with van der Waals surface area (Å²) in [6.07, 6.45) is 3.73. The molecular weight excluding hydrogens is 248 g/mol. The van der Waals surface area contributed by atoms with Crippen LogP contribution in [0.15, 0.2) is 30.3 Å². The predicted molar refractivity (Wildman–Crippen MR) is 82.5 cm³/mol. The Morgan fingerprint density at radius 3 is 2.70 bits per heavy atom. The lowest BCUT2D eigenvalue weighted by Crippen LogP contribution is -2.45. The fraction of sp³-hybridized carbons (Fsp3) is 0.588. The molecule has 1 amide bonds. The van der Waals surface area contributed by atoms with E-state index in [1.54, 1.807) is 0 Å². The van der Waals surface area contributed by atoms with E-state index in [0.717, 1.165) is 6.54 Å². The lowest BCUT2D eigenvalue weighted by Gasteiger charge is -2.35. The second kappa shape index (κ2) is 6.89. The predicted octanol–water partition coefficient (Wildman–Crippen LogP) is 3.08. The first-order valence-electron chi connectivity index (χ1n) is 7.64. The van der Waals surface area contributed by atoms with Crippen molar-refractivity contribution < 1.29 is 4.79 Å². The van der Waals surface area contributed by atoms with Crippen molar-refractivity contribution in [2.75, 3.05) is 20.1 Å². The lowest BCUT2D eigenvalue weighted by atomic mass is 10.0. The van der Waals surface area contributed by atoms with E-state index >= 15 is 0 Å². The fourth-order valence-corrected chi connectivity index (χ4v) is 2.85. The standard InChI is InChI=1S/C17H26N2O/c1-14-9-7-8-12-19(14)13-17(20)18(3)15(2)16-10-5-4-6-11-16/h4-6,10-11,14-15H,7-9,12-13H2,1-3H3. The number of nitrogens with zero attached hydrogens (tertiary/aromatic N) is 2. The molecule has 1 aliphatic rings. The first-order valence-corrected chi connectivity index (χ1v) is 7.64. The third kappa shape index (κ3) is 3.60. The molecule has 110 valence electrons. The minimum Gasteiger partial charge on any atom is -0.338 e. The maximum Gasteiger partial charge on any atom is 0.237 e. The number of piperidine rings is 1. The molecule has 3 nitrogen and oxygen atoms in total. The van der Waals surface area contributed by atoms with Crippen LogP contribution >= 0.6 is 0 Å². The summed E-state index contributed by atoms with van der Waals surface area (Å²) in [5, 5.41) is 0. The lowest BCUT2D eigenvalue weighted by molar-refractivity contribution is -0.133. The van der Waals surface area contributed by atoms with Crippen LogP contribution in [0.1, 0.15) is 44.7 Å². The zero-order valence-corrected chi connectivity index (χ0v) is 12.9. The Labute approximate surface area is 122 Å². The number of benzene rings is 1. The number of likely N-dealkylation sites (N-methyl/N-ethyl adjacent to an activating group) is 1. The molecule has 1 fully saturated rings. The van der Waals surface area contributed by atoms with Gasteiger partial charge in [0.2, 0.25) is 5.91 Å². The van der Waals surface area contributed by atoms with Crippen LogP contribution in [0.2, 0.25) is 0 Å². The fourth-order valence-electron chi connectivity index (χ4n) is 2.85. The molecule has 0 N–H and O–H groups in total. The number of amides is 1. The van der Waals surface area contributed by atoms with Gasteiger partial charge in [0.15, 0.2) is 0 Å². The zero-order valence-electron chi connectivity index (χ0n) is 12.9. The highest BCUT2D eigenvalue weighted by molar-refractivity contribution is 5.78. The van der Waals surface area contributed by atoms with Gasteiger partial charge < -0.3 is 4.90 Å². The largest absolute Gasteiger partial charge is 0.338 e. The first-order chi connectivity index (χ1) is 9.59. The molecule has 2 unspecified atom stereocenters. The summed E-state index contributed by atoms with van der Waals surface area (Å²) >= 11 is 0. The van der Waals surface area contributed by atoms with Crippen molar-refractivity contribution in [2.45, 2.75) is 45.2 Å². The summed E-state index contributed by atoms with van der Waals surface area (Å²) in [7, 11) is 1.91. The molecule has 0 aromatic heterocycles. The van der Waals surface area contributed by atoms with Crippen molar-refractivity contribution in [1.29, 1.82) is 0 Å². The van der Waals surface area contributed by atoms with Crippen molar-refractivity contribution in [3.63, 3.8) is 0 Å². The molecular formula is C17H26N2O.